The van der Waals surface area contributed by atoms with Gasteiger partial charge < -0.3 is 41.5 Å². The van der Waals surface area contributed by atoms with Crippen molar-refractivity contribution in [3.8, 4) is 0 Å². The lowest BCUT2D eigenvalue weighted by molar-refractivity contribution is -0.118. The van der Waals surface area contributed by atoms with Gasteiger partial charge in [0.1, 0.15) is 11.6 Å². The van der Waals surface area contributed by atoms with E-state index in [9.17, 15) is 24.3 Å². The quantitative estimate of drug-likeness (QED) is 0.282. The first-order chi connectivity index (χ1) is 15.3. The monoisotopic (exact) mass is 467 g/mol. The second-order valence-electron chi connectivity index (χ2n) is 8.40. The highest BCUT2D eigenvalue weighted by molar-refractivity contribution is 5.96. The van der Waals surface area contributed by atoms with Crippen LogP contribution in [0.4, 0.5) is 20.1 Å². The molecule has 5 amide bonds. The number of rotatable bonds is 10. The van der Waals surface area contributed by atoms with E-state index in [2.05, 4.69) is 16.0 Å². The number of ether oxygens (including phenoxy) is 1. The Morgan fingerprint density at radius 3 is 2.39 bits per heavy atom. The van der Waals surface area contributed by atoms with Crippen molar-refractivity contribution in [2.45, 2.75) is 58.4 Å². The number of carbonyl (C=O) groups excluding carboxylic acids is 3. The van der Waals surface area contributed by atoms with Crippen molar-refractivity contribution in [3.63, 3.8) is 0 Å². The fraction of sp³-hybridized carbons (Fsp3) is 0.524. The van der Waals surface area contributed by atoms with Crippen LogP contribution in [0.1, 0.15) is 44.7 Å². The van der Waals surface area contributed by atoms with Crippen molar-refractivity contribution in [1.29, 1.82) is 0 Å². The standard InChI is InChI=1S/C21H33N5O7/c1-21(2,3)33-19(30)25-16(6-5-9-23-18(22)29)17(28)24-15-8-7-13(12-27)14(10-15)11-26(4)20(31)32/h7-8,10,16,27H,5-6,9,11-12H2,1-4H3,(H,24,28)(H,25,30)(H,31,32)(H3,22,23,29)/t16-/m0/s1. The highest BCUT2D eigenvalue weighted by Gasteiger charge is 2.24. The first-order valence-corrected chi connectivity index (χ1v) is 10.3. The summed E-state index contributed by atoms with van der Waals surface area (Å²) in [6.45, 7) is 5.00. The summed E-state index contributed by atoms with van der Waals surface area (Å²) in [6, 6.07) is 3.03. The molecule has 0 saturated heterocycles. The first kappa shape index (κ1) is 27.5. The number of hydrogen-bond donors (Lipinski definition) is 6. The van der Waals surface area contributed by atoms with Crippen LogP contribution in [-0.4, -0.2) is 64.5 Å². The molecule has 0 heterocycles. The first-order valence-electron chi connectivity index (χ1n) is 10.3. The number of benzene rings is 1. The lowest BCUT2D eigenvalue weighted by Crippen LogP contribution is -2.46. The molecule has 1 atom stereocenters. The molecule has 0 bridgehead atoms. The molecule has 0 aliphatic carbocycles. The number of amides is 5. The number of nitrogens with one attached hydrogen (secondary N) is 3. The number of nitrogens with zero attached hydrogens (tertiary/aromatic N) is 1. The number of nitrogens with two attached hydrogens (primary N) is 1. The Bertz CT molecular complexity index is 854. The highest BCUT2D eigenvalue weighted by Crippen LogP contribution is 2.19. The number of primary amides is 1. The number of carbonyl (C=O) groups is 4. The zero-order valence-electron chi connectivity index (χ0n) is 19.3. The van der Waals surface area contributed by atoms with Crippen LogP contribution >= 0.6 is 0 Å². The molecule has 0 unspecified atom stereocenters. The second-order valence-corrected chi connectivity index (χ2v) is 8.40. The molecule has 0 spiro atoms. The van der Waals surface area contributed by atoms with Gasteiger partial charge in [-0.25, -0.2) is 14.4 Å². The van der Waals surface area contributed by atoms with Crippen LogP contribution in [0.15, 0.2) is 18.2 Å². The van der Waals surface area contributed by atoms with E-state index in [1.807, 2.05) is 0 Å². The SMILES string of the molecule is CN(Cc1cc(NC(=O)[C@H](CCCNC(N)=O)NC(=O)OC(C)(C)C)ccc1CO)C(=O)O. The van der Waals surface area contributed by atoms with Gasteiger partial charge in [0.25, 0.3) is 0 Å². The van der Waals surface area contributed by atoms with Gasteiger partial charge >= 0.3 is 18.2 Å². The minimum Gasteiger partial charge on any atom is -0.465 e. The van der Waals surface area contributed by atoms with E-state index in [4.69, 9.17) is 15.6 Å². The predicted molar refractivity (Wildman–Crippen MR) is 120 cm³/mol. The normalized spacial score (nSPS) is 11.8. The largest absolute Gasteiger partial charge is 0.465 e. The van der Waals surface area contributed by atoms with Gasteiger partial charge in [-0.3, -0.25) is 4.79 Å². The molecule has 33 heavy (non-hydrogen) atoms. The van der Waals surface area contributed by atoms with Crippen molar-refractivity contribution in [2.75, 3.05) is 18.9 Å². The van der Waals surface area contributed by atoms with Crippen LogP contribution in [0.5, 0.6) is 0 Å². The molecule has 7 N–H and O–H groups in total. The van der Waals surface area contributed by atoms with Crippen LogP contribution in [-0.2, 0) is 22.7 Å². The number of aliphatic hydroxyl groups excluding tert-OH is 1. The minimum absolute atomic E-state index is 0.00725. The van der Waals surface area contributed by atoms with Crippen LogP contribution in [0.25, 0.3) is 0 Å². The topological polar surface area (TPSA) is 183 Å². The molecule has 0 aliphatic rings. The number of hydrogen-bond acceptors (Lipinski definition) is 6. The van der Waals surface area contributed by atoms with Gasteiger partial charge in [0.05, 0.1) is 6.61 Å². The molecular weight excluding hydrogens is 434 g/mol. The summed E-state index contributed by atoms with van der Waals surface area (Å²) in [5.74, 6) is -0.533. The summed E-state index contributed by atoms with van der Waals surface area (Å²) in [6.07, 6.45) is -1.37. The Labute approximate surface area is 192 Å². The van der Waals surface area contributed by atoms with E-state index in [0.717, 1.165) is 4.90 Å². The van der Waals surface area contributed by atoms with Gasteiger partial charge in [-0.2, -0.15) is 0 Å². The van der Waals surface area contributed by atoms with Gasteiger partial charge in [-0.1, -0.05) is 6.07 Å². The molecule has 0 fully saturated rings. The fourth-order valence-electron chi connectivity index (χ4n) is 2.79. The smallest absolute Gasteiger partial charge is 0.408 e. The summed E-state index contributed by atoms with van der Waals surface area (Å²) in [5.41, 5.74) is 5.67. The van der Waals surface area contributed by atoms with Gasteiger partial charge in [0.15, 0.2) is 0 Å². The van der Waals surface area contributed by atoms with Crippen LogP contribution in [0.2, 0.25) is 0 Å². The van der Waals surface area contributed by atoms with E-state index in [-0.39, 0.29) is 26.1 Å². The zero-order chi connectivity index (χ0) is 25.2. The number of alkyl carbamates (subject to hydrolysis) is 1. The van der Waals surface area contributed by atoms with Gasteiger partial charge in [0.2, 0.25) is 5.91 Å². The molecule has 184 valence electrons. The molecule has 1 aromatic rings. The lowest BCUT2D eigenvalue weighted by atomic mass is 10.1. The molecular formula is C21H33N5O7. The molecule has 1 rings (SSSR count). The number of carboxylic acid groups (broad SMARTS) is 1. The van der Waals surface area contributed by atoms with Gasteiger partial charge in [-0.05, 0) is 56.9 Å². The maximum Gasteiger partial charge on any atom is 0.408 e. The second kappa shape index (κ2) is 12.5. The van der Waals surface area contributed by atoms with Crippen molar-refractivity contribution >= 4 is 29.8 Å². The molecule has 0 radical (unpaired) electrons. The number of anilines is 1. The van der Waals surface area contributed by atoms with Crippen molar-refractivity contribution < 1.29 is 34.1 Å². The average molecular weight is 468 g/mol. The van der Waals surface area contributed by atoms with Crippen molar-refractivity contribution in [1.82, 2.24) is 15.5 Å². The number of urea groups is 1. The van der Waals surface area contributed by atoms with Crippen LogP contribution in [0.3, 0.4) is 0 Å². The Hall–Kier alpha value is -3.54. The van der Waals surface area contributed by atoms with Crippen LogP contribution in [0, 0.1) is 0 Å². The Balaban J connectivity index is 2.97. The summed E-state index contributed by atoms with van der Waals surface area (Å²) in [4.78, 5) is 48.1. The number of aliphatic hydroxyl groups is 1. The summed E-state index contributed by atoms with van der Waals surface area (Å²) < 4.78 is 5.22. The molecule has 12 nitrogen and oxygen atoms in total. The average Bonchev–Trinajstić information content (AvgIpc) is 2.68. The van der Waals surface area contributed by atoms with Crippen LogP contribution < -0.4 is 21.7 Å². The summed E-state index contributed by atoms with van der Waals surface area (Å²) in [5, 5.41) is 26.3. The van der Waals surface area contributed by atoms with E-state index in [1.54, 1.807) is 39.0 Å². The van der Waals surface area contributed by atoms with E-state index in [1.165, 1.54) is 7.05 Å². The fourth-order valence-corrected chi connectivity index (χ4v) is 2.79. The zero-order valence-corrected chi connectivity index (χ0v) is 19.3. The Morgan fingerprint density at radius 1 is 1.18 bits per heavy atom. The Morgan fingerprint density at radius 2 is 1.85 bits per heavy atom. The third-order valence-electron chi connectivity index (χ3n) is 4.35. The van der Waals surface area contributed by atoms with Crippen molar-refractivity contribution in [3.05, 3.63) is 29.3 Å². The summed E-state index contributed by atoms with van der Waals surface area (Å²) in [7, 11) is 1.38. The molecule has 1 aromatic carbocycles. The Kier molecular flexibility index (Phi) is 10.4. The maximum atomic E-state index is 12.9. The van der Waals surface area contributed by atoms with E-state index >= 15 is 0 Å². The van der Waals surface area contributed by atoms with Gasteiger partial charge in [-0.15, -0.1) is 0 Å². The molecule has 0 aromatic heterocycles. The lowest BCUT2D eigenvalue weighted by Gasteiger charge is -2.23. The molecule has 12 heteroatoms. The van der Waals surface area contributed by atoms with E-state index < -0.39 is 35.8 Å². The third-order valence-corrected chi connectivity index (χ3v) is 4.35. The minimum atomic E-state index is -1.14. The summed E-state index contributed by atoms with van der Waals surface area (Å²) >= 11 is 0. The molecule has 0 saturated carbocycles. The predicted octanol–water partition coefficient (Wildman–Crippen LogP) is 1.57. The van der Waals surface area contributed by atoms with E-state index in [0.29, 0.717) is 23.2 Å². The van der Waals surface area contributed by atoms with Gasteiger partial charge in [0, 0.05) is 25.8 Å². The maximum absolute atomic E-state index is 12.9. The van der Waals surface area contributed by atoms with Crippen molar-refractivity contribution in [2.24, 2.45) is 5.73 Å². The highest BCUT2D eigenvalue weighted by atomic mass is 16.6. The third kappa shape index (κ3) is 10.5. The molecule has 0 aliphatic heterocycles.